The predicted octanol–water partition coefficient (Wildman–Crippen LogP) is 4.28. The highest BCUT2D eigenvalue weighted by Gasteiger charge is 2.16. The number of rotatable bonds is 5. The summed E-state index contributed by atoms with van der Waals surface area (Å²) in [7, 11) is 0. The van der Waals surface area contributed by atoms with Gasteiger partial charge in [-0.3, -0.25) is 10.1 Å². The standard InChI is InChI=1S/C18H14ClN3O4/c1-2-26-18(23)15-5-3-4-6-17(15)21-11-12(10-20-21)14-8-7-13(22(24)25)9-16(14)19/h3-11H,2H2,1H3. The van der Waals surface area contributed by atoms with Gasteiger partial charge in [0.25, 0.3) is 5.69 Å². The number of hydrogen-bond acceptors (Lipinski definition) is 5. The lowest BCUT2D eigenvalue weighted by Gasteiger charge is -2.08. The van der Waals surface area contributed by atoms with Crippen LogP contribution in [0.15, 0.2) is 54.9 Å². The molecule has 0 aliphatic heterocycles. The minimum atomic E-state index is -0.505. The molecule has 0 saturated heterocycles. The smallest absolute Gasteiger partial charge is 0.340 e. The molecule has 0 radical (unpaired) electrons. The maximum Gasteiger partial charge on any atom is 0.340 e. The molecule has 0 saturated carbocycles. The number of esters is 1. The molecule has 0 amide bonds. The molecule has 0 bridgehead atoms. The van der Waals surface area contributed by atoms with Crippen LogP contribution >= 0.6 is 11.6 Å². The summed E-state index contributed by atoms with van der Waals surface area (Å²) in [6.45, 7) is 2.01. The Morgan fingerprint density at radius 3 is 2.77 bits per heavy atom. The van der Waals surface area contributed by atoms with E-state index in [4.69, 9.17) is 16.3 Å². The zero-order valence-electron chi connectivity index (χ0n) is 13.8. The molecular weight excluding hydrogens is 358 g/mol. The predicted molar refractivity (Wildman–Crippen MR) is 96.6 cm³/mol. The molecule has 132 valence electrons. The summed E-state index contributed by atoms with van der Waals surface area (Å²) >= 11 is 6.17. The number of non-ortho nitro benzene ring substituents is 1. The monoisotopic (exact) mass is 371 g/mol. The molecule has 26 heavy (non-hydrogen) atoms. The number of halogens is 1. The van der Waals surface area contributed by atoms with Crippen molar-refractivity contribution in [2.45, 2.75) is 6.92 Å². The van der Waals surface area contributed by atoms with E-state index in [0.717, 1.165) is 0 Å². The summed E-state index contributed by atoms with van der Waals surface area (Å²) in [4.78, 5) is 22.4. The van der Waals surface area contributed by atoms with Crippen LogP contribution in [0.5, 0.6) is 0 Å². The topological polar surface area (TPSA) is 87.3 Å². The Balaban J connectivity index is 1.99. The fraction of sp³-hybridized carbons (Fsp3) is 0.111. The molecule has 1 heterocycles. The van der Waals surface area contributed by atoms with Gasteiger partial charge in [0, 0.05) is 29.5 Å². The normalized spacial score (nSPS) is 10.5. The van der Waals surface area contributed by atoms with Gasteiger partial charge in [-0.25, -0.2) is 9.48 Å². The molecule has 0 unspecified atom stereocenters. The zero-order chi connectivity index (χ0) is 18.7. The Hall–Kier alpha value is -3.19. The number of carbonyl (C=O) groups excluding carboxylic acids is 1. The molecule has 0 fully saturated rings. The Bertz CT molecular complexity index is 984. The number of aromatic nitrogens is 2. The van der Waals surface area contributed by atoms with E-state index in [1.165, 1.54) is 12.1 Å². The van der Waals surface area contributed by atoms with E-state index >= 15 is 0 Å². The third-order valence-corrected chi connectivity index (χ3v) is 4.02. The summed E-state index contributed by atoms with van der Waals surface area (Å²) in [6, 6.07) is 11.2. The van der Waals surface area contributed by atoms with Crippen molar-refractivity contribution in [3.8, 4) is 16.8 Å². The number of hydrogen-bond donors (Lipinski definition) is 0. The molecule has 8 heteroatoms. The highest BCUT2D eigenvalue weighted by atomic mass is 35.5. The SMILES string of the molecule is CCOC(=O)c1ccccc1-n1cc(-c2ccc([N+](=O)[O-])cc2Cl)cn1. The molecule has 0 atom stereocenters. The molecule has 2 aromatic carbocycles. The largest absolute Gasteiger partial charge is 0.462 e. The van der Waals surface area contributed by atoms with E-state index in [0.29, 0.717) is 22.4 Å². The summed E-state index contributed by atoms with van der Waals surface area (Å²) in [6.07, 6.45) is 3.28. The van der Waals surface area contributed by atoms with Crippen molar-refractivity contribution in [3.63, 3.8) is 0 Å². The van der Waals surface area contributed by atoms with Crippen LogP contribution in [0.4, 0.5) is 5.69 Å². The average Bonchev–Trinajstić information content (AvgIpc) is 3.11. The highest BCUT2D eigenvalue weighted by Crippen LogP contribution is 2.31. The second-order valence-corrected chi connectivity index (χ2v) is 5.74. The Kier molecular flexibility index (Phi) is 4.99. The fourth-order valence-electron chi connectivity index (χ4n) is 2.50. The van der Waals surface area contributed by atoms with Gasteiger partial charge >= 0.3 is 5.97 Å². The van der Waals surface area contributed by atoms with E-state index in [9.17, 15) is 14.9 Å². The van der Waals surface area contributed by atoms with Gasteiger partial charge < -0.3 is 4.74 Å². The summed E-state index contributed by atoms with van der Waals surface area (Å²) in [5.41, 5.74) is 2.15. The van der Waals surface area contributed by atoms with E-state index in [1.54, 1.807) is 54.3 Å². The van der Waals surface area contributed by atoms with Crippen molar-refractivity contribution in [2.24, 2.45) is 0 Å². The van der Waals surface area contributed by atoms with Crippen molar-refractivity contribution < 1.29 is 14.5 Å². The molecule has 3 aromatic rings. The molecule has 3 rings (SSSR count). The first-order valence-corrected chi connectivity index (χ1v) is 8.14. The van der Waals surface area contributed by atoms with E-state index in [2.05, 4.69) is 5.10 Å². The van der Waals surface area contributed by atoms with Crippen LogP contribution in [0.3, 0.4) is 0 Å². The quantitative estimate of drug-likeness (QED) is 0.379. The van der Waals surface area contributed by atoms with Crippen LogP contribution in [-0.4, -0.2) is 27.3 Å². The third kappa shape index (κ3) is 3.43. The lowest BCUT2D eigenvalue weighted by Crippen LogP contribution is -2.09. The molecule has 0 aliphatic carbocycles. The number of nitro groups is 1. The number of nitro benzene ring substituents is 1. The molecule has 0 spiro atoms. The Morgan fingerprint density at radius 2 is 2.08 bits per heavy atom. The molecule has 0 aliphatic rings. The number of benzene rings is 2. The summed E-state index contributed by atoms with van der Waals surface area (Å²) < 4.78 is 6.61. The van der Waals surface area contributed by atoms with Crippen LogP contribution < -0.4 is 0 Å². The number of para-hydroxylation sites is 1. The first-order chi connectivity index (χ1) is 12.5. The first kappa shape index (κ1) is 17.6. The van der Waals surface area contributed by atoms with Crippen molar-refractivity contribution in [3.05, 3.63) is 75.6 Å². The van der Waals surface area contributed by atoms with E-state index in [1.807, 2.05) is 0 Å². The van der Waals surface area contributed by atoms with Crippen molar-refractivity contribution in [1.82, 2.24) is 9.78 Å². The van der Waals surface area contributed by atoms with Gasteiger partial charge in [0.1, 0.15) is 0 Å². The number of carbonyl (C=O) groups is 1. The van der Waals surface area contributed by atoms with Crippen LogP contribution in [0.1, 0.15) is 17.3 Å². The Labute approximate surface area is 153 Å². The van der Waals surface area contributed by atoms with Gasteiger partial charge in [-0.2, -0.15) is 5.10 Å². The van der Waals surface area contributed by atoms with Crippen molar-refractivity contribution in [2.75, 3.05) is 6.61 Å². The van der Waals surface area contributed by atoms with E-state index in [-0.39, 0.29) is 17.3 Å². The number of ether oxygens (including phenoxy) is 1. The average molecular weight is 372 g/mol. The number of nitrogens with zero attached hydrogens (tertiary/aromatic N) is 3. The first-order valence-electron chi connectivity index (χ1n) is 7.76. The van der Waals surface area contributed by atoms with E-state index < -0.39 is 10.9 Å². The minimum Gasteiger partial charge on any atom is -0.462 e. The third-order valence-electron chi connectivity index (χ3n) is 3.70. The van der Waals surface area contributed by atoms with Crippen molar-refractivity contribution in [1.29, 1.82) is 0 Å². The molecule has 1 aromatic heterocycles. The maximum atomic E-state index is 12.1. The molecule has 0 N–H and O–H groups in total. The van der Waals surface area contributed by atoms with Gasteiger partial charge in [-0.15, -0.1) is 0 Å². The van der Waals surface area contributed by atoms with Gasteiger partial charge in [0.05, 0.1) is 34.0 Å². The van der Waals surface area contributed by atoms with Crippen LogP contribution in [0.25, 0.3) is 16.8 Å². The fourth-order valence-corrected chi connectivity index (χ4v) is 2.78. The van der Waals surface area contributed by atoms with Crippen molar-refractivity contribution >= 4 is 23.3 Å². The second-order valence-electron chi connectivity index (χ2n) is 5.33. The van der Waals surface area contributed by atoms with Gasteiger partial charge in [0.2, 0.25) is 0 Å². The summed E-state index contributed by atoms with van der Waals surface area (Å²) in [5.74, 6) is -0.437. The minimum absolute atomic E-state index is 0.0844. The Morgan fingerprint density at radius 1 is 1.31 bits per heavy atom. The lowest BCUT2D eigenvalue weighted by molar-refractivity contribution is -0.384. The van der Waals surface area contributed by atoms with Gasteiger partial charge in [0.15, 0.2) is 0 Å². The van der Waals surface area contributed by atoms with Crippen LogP contribution in [0, 0.1) is 10.1 Å². The van der Waals surface area contributed by atoms with Gasteiger partial charge in [-0.1, -0.05) is 23.7 Å². The van der Waals surface area contributed by atoms with Crippen LogP contribution in [-0.2, 0) is 4.74 Å². The maximum absolute atomic E-state index is 12.1. The zero-order valence-corrected chi connectivity index (χ0v) is 14.5. The molecular formula is C18H14ClN3O4. The van der Waals surface area contributed by atoms with Gasteiger partial charge in [-0.05, 0) is 25.1 Å². The lowest BCUT2D eigenvalue weighted by atomic mass is 10.1. The molecule has 7 nitrogen and oxygen atoms in total. The van der Waals surface area contributed by atoms with Crippen LogP contribution in [0.2, 0.25) is 5.02 Å². The highest BCUT2D eigenvalue weighted by molar-refractivity contribution is 6.33. The summed E-state index contributed by atoms with van der Waals surface area (Å²) in [5, 5.41) is 15.4. The second kappa shape index (κ2) is 7.37.